The fourth-order valence-electron chi connectivity index (χ4n) is 4.81. The van der Waals surface area contributed by atoms with E-state index in [1.54, 1.807) is 12.1 Å². The van der Waals surface area contributed by atoms with Crippen LogP contribution in [0.3, 0.4) is 0 Å². The minimum absolute atomic E-state index is 0.0110. The second kappa shape index (κ2) is 13.3. The Labute approximate surface area is 227 Å². The molecule has 1 aliphatic heterocycles. The number of alkyl halides is 1. The second-order valence-corrected chi connectivity index (χ2v) is 9.87. The maximum atomic E-state index is 14.6. The molecule has 4 rings (SSSR count). The van der Waals surface area contributed by atoms with Crippen LogP contribution in [-0.4, -0.2) is 60.8 Å². The zero-order chi connectivity index (χ0) is 27.8. The van der Waals surface area contributed by atoms with Gasteiger partial charge >= 0.3 is 0 Å². The first-order valence-electron chi connectivity index (χ1n) is 13.3. The van der Waals surface area contributed by atoms with Crippen molar-refractivity contribution in [1.29, 1.82) is 0 Å². The first-order chi connectivity index (χ1) is 18.9. The highest BCUT2D eigenvalue weighted by atomic mass is 19.1. The third-order valence-corrected chi connectivity index (χ3v) is 6.97. The number of benzene rings is 3. The number of halogens is 1. The average Bonchev–Trinajstić information content (AvgIpc) is 2.95. The molecule has 39 heavy (non-hydrogen) atoms. The van der Waals surface area contributed by atoms with E-state index < -0.39 is 36.0 Å². The first kappa shape index (κ1) is 28.2. The molecule has 0 saturated carbocycles. The van der Waals surface area contributed by atoms with Crippen LogP contribution in [0.25, 0.3) is 10.8 Å². The van der Waals surface area contributed by atoms with Gasteiger partial charge < -0.3 is 26.4 Å². The van der Waals surface area contributed by atoms with Crippen molar-refractivity contribution in [2.24, 2.45) is 5.73 Å². The third-order valence-electron chi connectivity index (χ3n) is 6.97. The SMILES string of the molecule is NC[C@@H](O)CNC(=O)C(Cc1ccc2ccccc2c1)NC(=O)CCN1C(=O)C(F)CCCc2ccccc21. The Morgan fingerprint density at radius 1 is 1.08 bits per heavy atom. The van der Waals surface area contributed by atoms with Crippen LogP contribution in [0.5, 0.6) is 0 Å². The number of carbonyl (C=O) groups excluding carboxylic acids is 3. The van der Waals surface area contributed by atoms with Gasteiger partial charge in [0.2, 0.25) is 11.8 Å². The van der Waals surface area contributed by atoms with Crippen molar-refractivity contribution < 1.29 is 23.9 Å². The number of nitrogens with one attached hydrogen (secondary N) is 2. The molecule has 0 aromatic heterocycles. The Bertz CT molecular complexity index is 1320. The molecule has 9 heteroatoms. The summed E-state index contributed by atoms with van der Waals surface area (Å²) < 4.78 is 14.6. The van der Waals surface area contributed by atoms with Gasteiger partial charge in [-0.3, -0.25) is 14.4 Å². The number of aliphatic hydroxyl groups excluding tert-OH is 1. The van der Waals surface area contributed by atoms with E-state index in [0.29, 0.717) is 18.5 Å². The highest BCUT2D eigenvalue weighted by molar-refractivity contribution is 5.98. The average molecular weight is 535 g/mol. The van der Waals surface area contributed by atoms with Gasteiger partial charge in [-0.15, -0.1) is 0 Å². The molecule has 0 radical (unpaired) electrons. The quantitative estimate of drug-likeness (QED) is 0.318. The molecule has 0 fully saturated rings. The van der Waals surface area contributed by atoms with Gasteiger partial charge in [0.15, 0.2) is 6.17 Å². The summed E-state index contributed by atoms with van der Waals surface area (Å²) in [6.07, 6.45) is -1.06. The number of nitrogens with zero attached hydrogens (tertiary/aromatic N) is 1. The summed E-state index contributed by atoms with van der Waals surface area (Å²) in [5, 5.41) is 17.3. The molecule has 1 heterocycles. The van der Waals surface area contributed by atoms with Crippen LogP contribution in [0.4, 0.5) is 10.1 Å². The molecule has 0 aliphatic carbocycles. The van der Waals surface area contributed by atoms with Crippen LogP contribution in [0.2, 0.25) is 0 Å². The van der Waals surface area contributed by atoms with Crippen LogP contribution in [-0.2, 0) is 27.2 Å². The van der Waals surface area contributed by atoms with Crippen LogP contribution < -0.4 is 21.3 Å². The highest BCUT2D eigenvalue weighted by Gasteiger charge is 2.29. The van der Waals surface area contributed by atoms with Crippen LogP contribution in [0, 0.1) is 0 Å². The molecule has 3 amide bonds. The molecule has 5 N–H and O–H groups in total. The molecule has 0 bridgehead atoms. The Morgan fingerprint density at radius 3 is 2.62 bits per heavy atom. The lowest BCUT2D eigenvalue weighted by molar-refractivity contribution is -0.129. The largest absolute Gasteiger partial charge is 0.390 e. The minimum Gasteiger partial charge on any atom is -0.390 e. The lowest BCUT2D eigenvalue weighted by Crippen LogP contribution is -2.50. The van der Waals surface area contributed by atoms with Gasteiger partial charge in [0, 0.05) is 38.2 Å². The molecule has 0 spiro atoms. The summed E-state index contributed by atoms with van der Waals surface area (Å²) in [4.78, 5) is 40.3. The van der Waals surface area contributed by atoms with Crippen molar-refractivity contribution in [3.63, 3.8) is 0 Å². The molecule has 1 aliphatic rings. The van der Waals surface area contributed by atoms with Crippen LogP contribution in [0.15, 0.2) is 66.7 Å². The first-order valence-corrected chi connectivity index (χ1v) is 13.3. The van der Waals surface area contributed by atoms with Gasteiger partial charge in [0.25, 0.3) is 5.91 Å². The molecule has 8 nitrogen and oxygen atoms in total. The lowest BCUT2D eigenvalue weighted by Gasteiger charge is -2.29. The summed E-state index contributed by atoms with van der Waals surface area (Å²) in [6.45, 7) is -0.0719. The fourth-order valence-corrected chi connectivity index (χ4v) is 4.81. The summed E-state index contributed by atoms with van der Waals surface area (Å²) in [5.41, 5.74) is 7.84. The van der Waals surface area contributed by atoms with Gasteiger partial charge in [-0.1, -0.05) is 60.7 Å². The fraction of sp³-hybridized carbons (Fsp3) is 0.367. The number of para-hydroxylation sites is 1. The van der Waals surface area contributed by atoms with Gasteiger partial charge in [-0.05, 0) is 47.2 Å². The Hall–Kier alpha value is -3.82. The molecular weight excluding hydrogens is 499 g/mol. The number of anilines is 1. The van der Waals surface area contributed by atoms with Crippen molar-refractivity contribution >= 4 is 34.2 Å². The number of fused-ring (bicyclic) bond motifs is 2. The molecule has 3 atom stereocenters. The van der Waals surface area contributed by atoms with Gasteiger partial charge in [-0.2, -0.15) is 0 Å². The zero-order valence-electron chi connectivity index (χ0n) is 21.8. The number of hydrogen-bond donors (Lipinski definition) is 4. The molecule has 2 unspecified atom stereocenters. The van der Waals surface area contributed by atoms with E-state index in [1.165, 1.54) is 4.90 Å². The number of aryl methyl sites for hydroxylation is 1. The summed E-state index contributed by atoms with van der Waals surface area (Å²) in [5.74, 6) is -1.56. The van der Waals surface area contributed by atoms with Gasteiger partial charge in [0.05, 0.1) is 6.10 Å². The predicted octanol–water partition coefficient (Wildman–Crippen LogP) is 2.40. The van der Waals surface area contributed by atoms with Crippen molar-refractivity contribution in [1.82, 2.24) is 10.6 Å². The number of carbonyl (C=O) groups is 3. The van der Waals surface area contributed by atoms with E-state index in [9.17, 15) is 23.9 Å². The van der Waals surface area contributed by atoms with Crippen molar-refractivity contribution in [3.8, 4) is 0 Å². The van der Waals surface area contributed by atoms with Crippen LogP contribution in [0.1, 0.15) is 30.4 Å². The maximum Gasteiger partial charge on any atom is 0.261 e. The Morgan fingerprint density at radius 2 is 1.82 bits per heavy atom. The number of aliphatic hydroxyl groups is 1. The minimum atomic E-state index is -1.62. The van der Waals surface area contributed by atoms with E-state index in [-0.39, 0.29) is 38.9 Å². The standard InChI is InChI=1S/C30H35FN4O4/c31-25-10-5-9-22-7-3-4-11-27(22)35(30(25)39)15-14-28(37)34-26(29(38)33-19-24(36)18-32)17-20-12-13-21-6-1-2-8-23(21)16-20/h1-4,6-8,11-13,16,24-26,36H,5,9-10,14-15,17-19,32H2,(H,33,38)(H,34,37)/t24-,25?,26?/m1/s1. The summed E-state index contributed by atoms with van der Waals surface area (Å²) in [7, 11) is 0. The number of rotatable bonds is 10. The van der Waals surface area contributed by atoms with Crippen LogP contribution >= 0.6 is 0 Å². The second-order valence-electron chi connectivity index (χ2n) is 9.87. The molecule has 206 valence electrons. The number of nitrogens with two attached hydrogens (primary N) is 1. The number of amides is 3. The smallest absolute Gasteiger partial charge is 0.261 e. The van der Waals surface area contributed by atoms with Crippen molar-refractivity contribution in [2.45, 2.75) is 50.4 Å². The van der Waals surface area contributed by atoms with E-state index in [0.717, 1.165) is 21.9 Å². The monoisotopic (exact) mass is 534 g/mol. The van der Waals surface area contributed by atoms with E-state index in [4.69, 9.17) is 5.73 Å². The molecule has 3 aromatic rings. The molecule has 3 aromatic carbocycles. The summed E-state index contributed by atoms with van der Waals surface area (Å²) >= 11 is 0. The molecule has 0 saturated heterocycles. The normalized spacial score (nSPS) is 17.1. The Kier molecular flexibility index (Phi) is 9.62. The third kappa shape index (κ3) is 7.40. The van der Waals surface area contributed by atoms with E-state index in [2.05, 4.69) is 10.6 Å². The van der Waals surface area contributed by atoms with E-state index in [1.807, 2.05) is 54.6 Å². The van der Waals surface area contributed by atoms with Crippen molar-refractivity contribution in [3.05, 3.63) is 77.9 Å². The Balaban J connectivity index is 1.48. The van der Waals surface area contributed by atoms with Gasteiger partial charge in [0.1, 0.15) is 6.04 Å². The highest BCUT2D eigenvalue weighted by Crippen LogP contribution is 2.27. The number of hydrogen-bond acceptors (Lipinski definition) is 5. The predicted molar refractivity (Wildman–Crippen MR) is 149 cm³/mol. The topological polar surface area (TPSA) is 125 Å². The summed E-state index contributed by atoms with van der Waals surface area (Å²) in [6, 6.07) is 20.1. The van der Waals surface area contributed by atoms with Crippen molar-refractivity contribution in [2.75, 3.05) is 24.5 Å². The van der Waals surface area contributed by atoms with E-state index >= 15 is 0 Å². The lowest BCUT2D eigenvalue weighted by atomic mass is 9.99. The van der Waals surface area contributed by atoms with Gasteiger partial charge in [-0.25, -0.2) is 4.39 Å². The maximum absolute atomic E-state index is 14.6. The zero-order valence-corrected chi connectivity index (χ0v) is 21.8. The molecular formula is C30H35FN4O4.